The van der Waals surface area contributed by atoms with Crippen LogP contribution in [-0.4, -0.2) is 44.5 Å². The molecule has 0 saturated carbocycles. The normalized spacial score (nSPS) is 17.1. The molecule has 1 aliphatic heterocycles. The Bertz CT molecular complexity index is 1480. The fourth-order valence-corrected chi connectivity index (χ4v) is 4.21. The number of hydrogen-bond donors (Lipinski definition) is 0. The number of benzene rings is 1. The Kier molecular flexibility index (Phi) is 9.71. The van der Waals surface area contributed by atoms with Gasteiger partial charge in [0.2, 0.25) is 0 Å². The largest absolute Gasteiger partial charge is 0.480 e. The number of alkyl halides is 5. The molecule has 0 amide bonds. The van der Waals surface area contributed by atoms with Crippen LogP contribution >= 0.6 is 0 Å². The number of ether oxygens (including phenoxy) is 3. The minimum atomic E-state index is -4.90. The molecule has 42 heavy (non-hydrogen) atoms. The molecular weight excluding hydrogens is 577 g/mol. The van der Waals surface area contributed by atoms with Crippen molar-refractivity contribution in [1.29, 1.82) is 0 Å². The van der Waals surface area contributed by atoms with Crippen LogP contribution in [0.15, 0.2) is 35.3 Å². The average Bonchev–Trinajstić information content (AvgIpc) is 3.27. The zero-order chi connectivity index (χ0) is 30.6. The monoisotopic (exact) mass is 604 g/mol. The van der Waals surface area contributed by atoms with E-state index in [2.05, 4.69) is 10.1 Å². The molecule has 2 atom stereocenters. The third kappa shape index (κ3) is 7.01. The third-order valence-corrected chi connectivity index (χ3v) is 6.46. The minimum Gasteiger partial charge on any atom is -0.480 e. The molecule has 1 aromatic carbocycles. The van der Waals surface area contributed by atoms with Gasteiger partial charge in [0.15, 0.2) is 18.2 Å². The molecule has 0 aliphatic carbocycles. The van der Waals surface area contributed by atoms with E-state index in [-0.39, 0.29) is 19.0 Å². The predicted octanol–water partition coefficient (Wildman–Crippen LogP) is 6.37. The molecule has 1 unspecified atom stereocenters. The summed E-state index contributed by atoms with van der Waals surface area (Å²) >= 11 is 0. The van der Waals surface area contributed by atoms with E-state index in [0.29, 0.717) is 42.8 Å². The van der Waals surface area contributed by atoms with E-state index in [4.69, 9.17) is 14.2 Å². The highest BCUT2D eigenvalue weighted by atomic mass is 19.4. The Morgan fingerprint density at radius 1 is 1.26 bits per heavy atom. The van der Waals surface area contributed by atoms with Crippen molar-refractivity contribution in [2.24, 2.45) is 0 Å². The summed E-state index contributed by atoms with van der Waals surface area (Å²) in [5, 5.41) is 4.11. The Hall–Kier alpha value is -3.72. The molecule has 1 fully saturated rings. The summed E-state index contributed by atoms with van der Waals surface area (Å²) in [5.41, 5.74) is -3.46. The molecule has 0 bridgehead atoms. The van der Waals surface area contributed by atoms with Crippen LogP contribution in [0.25, 0.3) is 17.6 Å². The van der Waals surface area contributed by atoms with E-state index in [1.807, 2.05) is 0 Å². The first-order valence-corrected chi connectivity index (χ1v) is 13.0. The van der Waals surface area contributed by atoms with Crippen molar-refractivity contribution < 1.29 is 44.9 Å². The maximum Gasteiger partial charge on any atom is 0.425 e. The predicted molar refractivity (Wildman–Crippen MR) is 136 cm³/mol. The summed E-state index contributed by atoms with van der Waals surface area (Å²) in [4.78, 5) is 16.8. The summed E-state index contributed by atoms with van der Waals surface area (Å²) in [7, 11) is 0. The van der Waals surface area contributed by atoms with Crippen LogP contribution in [-0.2, 0) is 22.6 Å². The van der Waals surface area contributed by atoms with E-state index in [1.54, 1.807) is 6.92 Å². The zero-order valence-electron chi connectivity index (χ0n) is 22.5. The van der Waals surface area contributed by atoms with Crippen molar-refractivity contribution in [1.82, 2.24) is 19.3 Å². The Morgan fingerprint density at radius 3 is 2.67 bits per heavy atom. The lowest BCUT2D eigenvalue weighted by molar-refractivity contribution is -0.189. The first kappa shape index (κ1) is 31.2. The highest BCUT2D eigenvalue weighted by Gasteiger charge is 2.39. The van der Waals surface area contributed by atoms with E-state index in [0.717, 1.165) is 25.1 Å². The van der Waals surface area contributed by atoms with Gasteiger partial charge >= 0.3 is 11.9 Å². The van der Waals surface area contributed by atoms with Crippen molar-refractivity contribution >= 4 is 11.9 Å². The molecule has 15 heteroatoms. The second kappa shape index (κ2) is 13.1. The lowest BCUT2D eigenvalue weighted by atomic mass is 10.1. The van der Waals surface area contributed by atoms with Gasteiger partial charge in [0.05, 0.1) is 11.3 Å². The quantitative estimate of drug-likeness (QED) is 0.251. The summed E-state index contributed by atoms with van der Waals surface area (Å²) in [6.07, 6.45) is -6.93. The van der Waals surface area contributed by atoms with Crippen molar-refractivity contribution in [2.45, 2.75) is 71.3 Å². The van der Waals surface area contributed by atoms with Gasteiger partial charge in [0.1, 0.15) is 29.7 Å². The molecule has 3 aromatic rings. The standard InChI is InChI=1S/C27H27F7N4O4/c1-3-37-23(14-41-24-8-4-5-10-40-24)36-38(26(37)39)21-13-22(42-15(2)27(32,33)34)17(11-19(21)29)18(28)12-20-16(25(30)31)7-6-9-35-20/h6-7,9,11-13,15,24-25H,3-5,8,10,14H2,1-2H3/b18-12-/t15-,24?/m0/s1. The van der Waals surface area contributed by atoms with Crippen molar-refractivity contribution in [3.8, 4) is 11.4 Å². The van der Waals surface area contributed by atoms with Gasteiger partial charge in [-0.15, -0.1) is 5.10 Å². The summed E-state index contributed by atoms with van der Waals surface area (Å²) in [5.74, 6) is -3.38. The van der Waals surface area contributed by atoms with Crippen LogP contribution in [0.1, 0.15) is 62.2 Å². The van der Waals surface area contributed by atoms with Gasteiger partial charge in [0, 0.05) is 37.1 Å². The van der Waals surface area contributed by atoms with Gasteiger partial charge < -0.3 is 14.2 Å². The number of nitrogens with zero attached hydrogens (tertiary/aromatic N) is 4. The Labute approximate surface area is 235 Å². The molecule has 8 nitrogen and oxygen atoms in total. The molecule has 3 heterocycles. The first-order valence-electron chi connectivity index (χ1n) is 13.0. The molecule has 4 rings (SSSR count). The molecule has 0 spiro atoms. The molecule has 0 N–H and O–H groups in total. The fourth-order valence-electron chi connectivity index (χ4n) is 4.21. The zero-order valence-corrected chi connectivity index (χ0v) is 22.5. The minimum absolute atomic E-state index is 0.0898. The number of hydrogen-bond acceptors (Lipinski definition) is 6. The van der Waals surface area contributed by atoms with Crippen LogP contribution in [0, 0.1) is 5.82 Å². The maximum absolute atomic E-state index is 15.4. The van der Waals surface area contributed by atoms with Gasteiger partial charge in [0.25, 0.3) is 6.43 Å². The molecule has 2 aromatic heterocycles. The Morgan fingerprint density at radius 2 is 2.02 bits per heavy atom. The van der Waals surface area contributed by atoms with Crippen molar-refractivity contribution in [2.75, 3.05) is 6.61 Å². The second-order valence-electron chi connectivity index (χ2n) is 9.33. The van der Waals surface area contributed by atoms with Crippen LogP contribution < -0.4 is 10.4 Å². The van der Waals surface area contributed by atoms with Crippen molar-refractivity contribution in [3.63, 3.8) is 0 Å². The number of pyridine rings is 1. The Balaban J connectivity index is 1.78. The van der Waals surface area contributed by atoms with Crippen LogP contribution in [0.5, 0.6) is 5.75 Å². The third-order valence-electron chi connectivity index (χ3n) is 6.46. The maximum atomic E-state index is 15.4. The summed E-state index contributed by atoms with van der Waals surface area (Å²) in [6, 6.07) is 3.37. The molecule has 0 radical (unpaired) electrons. The van der Waals surface area contributed by atoms with E-state index in [9.17, 15) is 26.7 Å². The van der Waals surface area contributed by atoms with Gasteiger partial charge in [-0.05, 0) is 51.3 Å². The lowest BCUT2D eigenvalue weighted by Crippen LogP contribution is -2.31. The van der Waals surface area contributed by atoms with Crippen LogP contribution in [0.4, 0.5) is 30.7 Å². The lowest BCUT2D eigenvalue weighted by Gasteiger charge is -2.22. The van der Waals surface area contributed by atoms with Gasteiger partial charge in [-0.1, -0.05) is 0 Å². The molecule has 1 saturated heterocycles. The SMILES string of the molecule is CCn1c(COC2CCCCO2)nn(-c2cc(O[C@@H](C)C(F)(F)F)c(/C(F)=C/c3ncccc3C(F)F)cc2F)c1=O. The molecular formula is C27H27F7N4O4. The van der Waals surface area contributed by atoms with Gasteiger partial charge in [-0.2, -0.15) is 17.9 Å². The topological polar surface area (TPSA) is 80.4 Å². The van der Waals surface area contributed by atoms with Gasteiger partial charge in [-0.3, -0.25) is 9.55 Å². The highest BCUT2D eigenvalue weighted by Crippen LogP contribution is 2.36. The average molecular weight is 605 g/mol. The first-order chi connectivity index (χ1) is 19.9. The summed E-state index contributed by atoms with van der Waals surface area (Å²) in [6.45, 7) is 2.69. The number of halogens is 7. The molecule has 1 aliphatic rings. The number of rotatable bonds is 10. The van der Waals surface area contributed by atoms with Gasteiger partial charge in [-0.25, -0.2) is 22.4 Å². The highest BCUT2D eigenvalue weighted by molar-refractivity contribution is 5.80. The number of aromatic nitrogens is 4. The van der Waals surface area contributed by atoms with E-state index < -0.39 is 70.6 Å². The summed E-state index contributed by atoms with van der Waals surface area (Å²) < 4.78 is 116. The fraction of sp³-hybridized carbons (Fsp3) is 0.444. The smallest absolute Gasteiger partial charge is 0.425 e. The van der Waals surface area contributed by atoms with Crippen LogP contribution in [0.3, 0.4) is 0 Å². The van der Waals surface area contributed by atoms with E-state index >= 15 is 8.78 Å². The van der Waals surface area contributed by atoms with Crippen molar-refractivity contribution in [3.05, 3.63) is 69.4 Å². The second-order valence-corrected chi connectivity index (χ2v) is 9.33. The van der Waals surface area contributed by atoms with E-state index in [1.165, 1.54) is 10.6 Å². The molecule has 228 valence electrons. The van der Waals surface area contributed by atoms with Crippen LogP contribution in [0.2, 0.25) is 0 Å².